The summed E-state index contributed by atoms with van der Waals surface area (Å²) in [5, 5.41) is 9.24. The number of aromatic nitrogens is 2. The maximum Gasteiger partial charge on any atom is 0.188 e. The summed E-state index contributed by atoms with van der Waals surface area (Å²) in [5.74, 6) is 3.02. The first kappa shape index (κ1) is 20.7. The van der Waals surface area contributed by atoms with E-state index in [9.17, 15) is 9.90 Å². The van der Waals surface area contributed by atoms with Gasteiger partial charge in [-0.1, -0.05) is 30.3 Å². The normalized spacial score (nSPS) is 15.5. The lowest BCUT2D eigenvalue weighted by atomic mass is 9.87. The van der Waals surface area contributed by atoms with Crippen molar-refractivity contribution in [2.45, 2.75) is 37.5 Å². The Kier molecular flexibility index (Phi) is 6.25. The predicted octanol–water partition coefficient (Wildman–Crippen LogP) is 4.50. The Bertz CT molecular complexity index is 1000. The number of benzene rings is 2. The molecule has 0 aliphatic heterocycles. The summed E-state index contributed by atoms with van der Waals surface area (Å²) in [6.07, 6.45) is 5.86. The monoisotopic (exact) mass is 422 g/mol. The third-order valence-electron chi connectivity index (χ3n) is 5.59. The molecular formula is C24H26N2O3S. The zero-order chi connectivity index (χ0) is 21.0. The molecule has 0 saturated heterocycles. The van der Waals surface area contributed by atoms with Crippen LogP contribution in [0, 0.1) is 0 Å². The third-order valence-corrected chi connectivity index (χ3v) is 6.55. The fraction of sp³-hybridized carbons (Fsp3) is 0.333. The highest BCUT2D eigenvalue weighted by Crippen LogP contribution is 2.39. The van der Waals surface area contributed by atoms with Gasteiger partial charge >= 0.3 is 0 Å². The van der Waals surface area contributed by atoms with Gasteiger partial charge in [0.2, 0.25) is 0 Å². The minimum atomic E-state index is -0.811. The van der Waals surface area contributed by atoms with E-state index in [1.165, 1.54) is 0 Å². The number of thioether (sulfide) groups is 1. The van der Waals surface area contributed by atoms with E-state index in [0.717, 1.165) is 46.7 Å². The molecule has 0 unspecified atom stereocenters. The van der Waals surface area contributed by atoms with Crippen molar-refractivity contribution in [1.29, 1.82) is 0 Å². The standard InChI is InChI=1S/C24H26N2O3S/c1-24(23-25-12-13-26-23,17-6-3-2-4-7-17)29-22-11-10-19-18(8-5-9-21(19)28)20(22)16-30-15-14-27/h2-4,6-7,10-13,27H,5,8-9,14-16H2,1H3,(H,25,26)/t24-/m0/s1. The summed E-state index contributed by atoms with van der Waals surface area (Å²) in [7, 11) is 0. The van der Waals surface area contributed by atoms with Crippen LogP contribution in [0.15, 0.2) is 54.9 Å². The Labute approximate surface area is 180 Å². The Morgan fingerprint density at radius 3 is 2.77 bits per heavy atom. The molecule has 156 valence electrons. The molecule has 1 aromatic heterocycles. The minimum absolute atomic E-state index is 0.128. The van der Waals surface area contributed by atoms with Crippen molar-refractivity contribution in [3.63, 3.8) is 0 Å². The zero-order valence-corrected chi connectivity index (χ0v) is 17.9. The number of hydrogen-bond donors (Lipinski definition) is 2. The van der Waals surface area contributed by atoms with Crippen LogP contribution in [0.4, 0.5) is 0 Å². The van der Waals surface area contributed by atoms with E-state index in [2.05, 4.69) is 9.97 Å². The van der Waals surface area contributed by atoms with Gasteiger partial charge in [-0.05, 0) is 37.5 Å². The molecule has 0 bridgehead atoms. The van der Waals surface area contributed by atoms with Crippen molar-refractivity contribution in [1.82, 2.24) is 9.97 Å². The molecule has 0 radical (unpaired) electrons. The number of H-pyrrole nitrogens is 1. The fourth-order valence-corrected chi connectivity index (χ4v) is 4.81. The second-order valence-corrected chi connectivity index (χ2v) is 8.67. The van der Waals surface area contributed by atoms with Crippen LogP contribution < -0.4 is 4.74 Å². The van der Waals surface area contributed by atoms with Gasteiger partial charge in [-0.2, -0.15) is 11.8 Å². The molecule has 2 N–H and O–H groups in total. The number of hydrogen-bond acceptors (Lipinski definition) is 5. The van der Waals surface area contributed by atoms with Gasteiger partial charge in [0.15, 0.2) is 17.2 Å². The molecule has 1 aliphatic carbocycles. The molecule has 0 fully saturated rings. The SMILES string of the molecule is C[C@](Oc1ccc2c(c1CSCCO)CCCC2=O)(c1ccccc1)c1ncc[nH]1. The summed E-state index contributed by atoms with van der Waals surface area (Å²) in [6, 6.07) is 13.8. The van der Waals surface area contributed by atoms with E-state index >= 15 is 0 Å². The van der Waals surface area contributed by atoms with E-state index in [1.54, 1.807) is 24.2 Å². The average Bonchev–Trinajstić information content (AvgIpc) is 3.32. The number of ketones is 1. The Morgan fingerprint density at radius 2 is 2.03 bits per heavy atom. The molecule has 1 aliphatic rings. The van der Waals surface area contributed by atoms with Gasteiger partial charge in [-0.15, -0.1) is 0 Å². The van der Waals surface area contributed by atoms with Crippen LogP contribution in [0.1, 0.15) is 52.6 Å². The number of carbonyl (C=O) groups excluding carboxylic acids is 1. The molecule has 1 heterocycles. The highest BCUT2D eigenvalue weighted by atomic mass is 32.2. The number of carbonyl (C=O) groups is 1. The summed E-state index contributed by atoms with van der Waals surface area (Å²) in [6.45, 7) is 2.14. The molecule has 0 saturated carbocycles. The number of aliphatic hydroxyl groups excluding tert-OH is 1. The van der Waals surface area contributed by atoms with E-state index in [0.29, 0.717) is 17.9 Å². The van der Waals surface area contributed by atoms with E-state index in [4.69, 9.17) is 4.74 Å². The van der Waals surface area contributed by atoms with Gasteiger partial charge in [0.25, 0.3) is 0 Å². The summed E-state index contributed by atoms with van der Waals surface area (Å²) in [5.41, 5.74) is 3.13. The van der Waals surface area contributed by atoms with Crippen LogP contribution in [-0.4, -0.2) is 33.2 Å². The Balaban J connectivity index is 1.79. The van der Waals surface area contributed by atoms with E-state index < -0.39 is 5.60 Å². The van der Waals surface area contributed by atoms with Crippen molar-refractivity contribution in [2.24, 2.45) is 0 Å². The van der Waals surface area contributed by atoms with Gasteiger partial charge in [-0.3, -0.25) is 4.79 Å². The van der Waals surface area contributed by atoms with E-state index in [1.807, 2.05) is 49.4 Å². The van der Waals surface area contributed by atoms with Crippen LogP contribution in [-0.2, 0) is 17.8 Å². The topological polar surface area (TPSA) is 75.2 Å². The maximum atomic E-state index is 12.5. The quantitative estimate of drug-likeness (QED) is 0.523. The van der Waals surface area contributed by atoms with Gasteiger partial charge in [-0.25, -0.2) is 4.98 Å². The first-order valence-electron chi connectivity index (χ1n) is 10.2. The number of imidazole rings is 1. The van der Waals surface area contributed by atoms with Gasteiger partial charge < -0.3 is 14.8 Å². The molecule has 5 nitrogen and oxygen atoms in total. The van der Waals surface area contributed by atoms with Crippen LogP contribution in [0.5, 0.6) is 5.75 Å². The highest BCUT2D eigenvalue weighted by molar-refractivity contribution is 7.98. The number of fused-ring (bicyclic) bond motifs is 1. The predicted molar refractivity (Wildman–Crippen MR) is 119 cm³/mol. The number of nitrogens with zero attached hydrogens (tertiary/aromatic N) is 1. The van der Waals surface area contributed by atoms with Crippen molar-refractivity contribution < 1.29 is 14.6 Å². The van der Waals surface area contributed by atoms with Gasteiger partial charge in [0.1, 0.15) is 5.75 Å². The number of nitrogens with one attached hydrogen (secondary N) is 1. The summed E-state index contributed by atoms with van der Waals surface area (Å²) < 4.78 is 6.71. The van der Waals surface area contributed by atoms with Crippen molar-refractivity contribution >= 4 is 17.5 Å². The lowest BCUT2D eigenvalue weighted by Crippen LogP contribution is -2.33. The Hall–Kier alpha value is -2.57. The summed E-state index contributed by atoms with van der Waals surface area (Å²) in [4.78, 5) is 20.2. The third kappa shape index (κ3) is 4.02. The first-order chi connectivity index (χ1) is 14.6. The van der Waals surface area contributed by atoms with Crippen LogP contribution in [0.25, 0.3) is 0 Å². The van der Waals surface area contributed by atoms with Crippen LogP contribution in [0.2, 0.25) is 0 Å². The number of aliphatic hydroxyl groups is 1. The second-order valence-electron chi connectivity index (χ2n) is 7.56. The summed E-state index contributed by atoms with van der Waals surface area (Å²) >= 11 is 1.65. The fourth-order valence-electron chi connectivity index (χ4n) is 4.02. The highest BCUT2D eigenvalue weighted by Gasteiger charge is 2.35. The number of aromatic amines is 1. The van der Waals surface area contributed by atoms with Gasteiger partial charge in [0.05, 0.1) is 6.61 Å². The van der Waals surface area contributed by atoms with E-state index in [-0.39, 0.29) is 12.4 Å². The molecule has 4 rings (SSSR count). The van der Waals surface area contributed by atoms with Crippen molar-refractivity contribution in [2.75, 3.05) is 12.4 Å². The Morgan fingerprint density at radius 1 is 1.20 bits per heavy atom. The van der Waals surface area contributed by atoms with Crippen LogP contribution >= 0.6 is 11.8 Å². The number of Topliss-reactive ketones (excluding diaryl/α,β-unsaturated/α-hetero) is 1. The maximum absolute atomic E-state index is 12.5. The largest absolute Gasteiger partial charge is 0.475 e. The average molecular weight is 423 g/mol. The van der Waals surface area contributed by atoms with Crippen molar-refractivity contribution in [3.8, 4) is 5.75 Å². The van der Waals surface area contributed by atoms with Crippen molar-refractivity contribution in [3.05, 3.63) is 82.9 Å². The molecule has 0 amide bonds. The lowest BCUT2D eigenvalue weighted by molar-refractivity contribution is 0.0971. The molecule has 0 spiro atoms. The second kappa shape index (κ2) is 9.06. The molecular weight excluding hydrogens is 396 g/mol. The molecule has 2 aromatic carbocycles. The smallest absolute Gasteiger partial charge is 0.188 e. The number of rotatable bonds is 8. The molecule has 30 heavy (non-hydrogen) atoms. The first-order valence-corrected chi connectivity index (χ1v) is 11.4. The zero-order valence-electron chi connectivity index (χ0n) is 17.1. The molecule has 3 aromatic rings. The van der Waals surface area contributed by atoms with Crippen LogP contribution in [0.3, 0.4) is 0 Å². The lowest BCUT2D eigenvalue weighted by Gasteiger charge is -2.32. The number of ether oxygens (including phenoxy) is 1. The molecule has 1 atom stereocenters. The minimum Gasteiger partial charge on any atom is -0.475 e. The van der Waals surface area contributed by atoms with Gasteiger partial charge in [0, 0.05) is 47.0 Å². The molecule has 6 heteroatoms.